The fourth-order valence-corrected chi connectivity index (χ4v) is 3.77. The van der Waals surface area contributed by atoms with Gasteiger partial charge in [-0.05, 0) is 61.9 Å². The van der Waals surface area contributed by atoms with Crippen LogP contribution in [-0.2, 0) is 4.79 Å². The van der Waals surface area contributed by atoms with Crippen molar-refractivity contribution < 1.29 is 4.79 Å². The molecule has 1 aliphatic carbocycles. The number of rotatable bonds is 5. The van der Waals surface area contributed by atoms with Crippen LogP contribution in [0.2, 0.25) is 0 Å². The van der Waals surface area contributed by atoms with Gasteiger partial charge < -0.3 is 16.0 Å². The van der Waals surface area contributed by atoms with Crippen molar-refractivity contribution in [2.24, 2.45) is 11.8 Å². The molecular weight excluding hydrogens is 262 g/mol. The van der Waals surface area contributed by atoms with Gasteiger partial charge in [0.2, 0.25) is 5.91 Å². The fraction of sp³-hybridized carbons (Fsp3) is 0.588. The zero-order chi connectivity index (χ0) is 14.7. The molecule has 1 saturated heterocycles. The first-order chi connectivity index (χ1) is 10.2. The Bertz CT molecular complexity index is 473. The number of nitrogens with two attached hydrogens (primary N) is 1. The fourth-order valence-electron chi connectivity index (χ4n) is 3.77. The van der Waals surface area contributed by atoms with E-state index in [1.54, 1.807) is 12.1 Å². The molecule has 4 heteroatoms. The Morgan fingerprint density at radius 2 is 1.86 bits per heavy atom. The van der Waals surface area contributed by atoms with Crippen LogP contribution in [-0.4, -0.2) is 30.4 Å². The van der Waals surface area contributed by atoms with E-state index in [-0.39, 0.29) is 5.91 Å². The molecule has 2 unspecified atom stereocenters. The number of amides is 1. The number of carbonyl (C=O) groups excluding carboxylic acids is 1. The van der Waals surface area contributed by atoms with Gasteiger partial charge in [-0.15, -0.1) is 0 Å². The molecule has 4 nitrogen and oxygen atoms in total. The van der Waals surface area contributed by atoms with Crippen LogP contribution < -0.4 is 11.1 Å². The predicted molar refractivity (Wildman–Crippen MR) is 86.0 cm³/mol. The van der Waals surface area contributed by atoms with Crippen molar-refractivity contribution in [3.8, 4) is 0 Å². The summed E-state index contributed by atoms with van der Waals surface area (Å²) < 4.78 is 0. The third-order valence-corrected chi connectivity index (χ3v) is 4.87. The quantitative estimate of drug-likeness (QED) is 0.819. The number of benzene rings is 1. The lowest BCUT2D eigenvalue weighted by Crippen LogP contribution is -2.24. The second-order valence-electron chi connectivity index (χ2n) is 6.48. The normalized spacial score (nSPS) is 25.0. The van der Waals surface area contributed by atoms with E-state index in [4.69, 9.17) is 5.73 Å². The van der Waals surface area contributed by atoms with Crippen LogP contribution in [0, 0.1) is 11.8 Å². The van der Waals surface area contributed by atoms with Gasteiger partial charge in [0.1, 0.15) is 0 Å². The van der Waals surface area contributed by atoms with Gasteiger partial charge in [-0.2, -0.15) is 0 Å². The van der Waals surface area contributed by atoms with Gasteiger partial charge in [-0.3, -0.25) is 4.79 Å². The van der Waals surface area contributed by atoms with Crippen molar-refractivity contribution >= 4 is 17.3 Å². The summed E-state index contributed by atoms with van der Waals surface area (Å²) in [4.78, 5) is 14.5. The summed E-state index contributed by atoms with van der Waals surface area (Å²) in [6, 6.07) is 7.29. The van der Waals surface area contributed by atoms with E-state index in [0.29, 0.717) is 12.1 Å². The zero-order valence-corrected chi connectivity index (χ0v) is 12.6. The maximum Gasteiger partial charge on any atom is 0.224 e. The van der Waals surface area contributed by atoms with Gasteiger partial charge in [0.05, 0.1) is 0 Å². The Balaban J connectivity index is 1.35. The summed E-state index contributed by atoms with van der Waals surface area (Å²) in [7, 11) is 0. The van der Waals surface area contributed by atoms with Gasteiger partial charge in [-0.25, -0.2) is 0 Å². The summed E-state index contributed by atoms with van der Waals surface area (Å²) in [5.41, 5.74) is 7.17. The molecule has 1 saturated carbocycles. The summed E-state index contributed by atoms with van der Waals surface area (Å²) in [5.74, 6) is 1.97. The molecular formula is C17H25N3O. The average Bonchev–Trinajstić information content (AvgIpc) is 3.02. The maximum atomic E-state index is 11.9. The molecule has 1 aromatic carbocycles. The number of hydrogen-bond acceptors (Lipinski definition) is 3. The molecule has 1 amide bonds. The minimum Gasteiger partial charge on any atom is -0.399 e. The molecule has 21 heavy (non-hydrogen) atoms. The number of nitrogen functional groups attached to an aromatic ring is 1. The largest absolute Gasteiger partial charge is 0.399 e. The minimum atomic E-state index is 0.0964. The van der Waals surface area contributed by atoms with Crippen LogP contribution in [0.3, 0.4) is 0 Å². The Morgan fingerprint density at radius 1 is 1.19 bits per heavy atom. The molecule has 0 bridgehead atoms. The number of hydrogen-bond donors (Lipinski definition) is 2. The van der Waals surface area contributed by atoms with Crippen molar-refractivity contribution in [3.63, 3.8) is 0 Å². The van der Waals surface area contributed by atoms with Crippen LogP contribution in [0.4, 0.5) is 11.4 Å². The van der Waals surface area contributed by atoms with E-state index in [9.17, 15) is 4.79 Å². The van der Waals surface area contributed by atoms with Crippen LogP contribution in [0.5, 0.6) is 0 Å². The molecule has 2 atom stereocenters. The smallest absolute Gasteiger partial charge is 0.224 e. The lowest BCUT2D eigenvalue weighted by atomic mass is 10.0. The molecule has 1 aliphatic heterocycles. The van der Waals surface area contributed by atoms with E-state index in [0.717, 1.165) is 30.5 Å². The highest BCUT2D eigenvalue weighted by molar-refractivity contribution is 5.90. The summed E-state index contributed by atoms with van der Waals surface area (Å²) >= 11 is 0. The summed E-state index contributed by atoms with van der Waals surface area (Å²) in [6.45, 7) is 3.57. The molecule has 1 aromatic rings. The number of likely N-dealkylation sites (tertiary alicyclic amines) is 1. The lowest BCUT2D eigenvalue weighted by molar-refractivity contribution is -0.116. The van der Waals surface area contributed by atoms with Crippen molar-refractivity contribution in [2.45, 2.75) is 32.1 Å². The van der Waals surface area contributed by atoms with Crippen molar-refractivity contribution in [2.75, 3.05) is 30.7 Å². The van der Waals surface area contributed by atoms with Crippen molar-refractivity contribution in [3.05, 3.63) is 24.3 Å². The monoisotopic (exact) mass is 287 g/mol. The second-order valence-corrected chi connectivity index (χ2v) is 6.48. The summed E-state index contributed by atoms with van der Waals surface area (Å²) in [6.07, 6.45) is 5.79. The summed E-state index contributed by atoms with van der Waals surface area (Å²) in [5, 5.41) is 2.92. The average molecular weight is 287 g/mol. The van der Waals surface area contributed by atoms with E-state index in [1.807, 2.05) is 12.1 Å². The van der Waals surface area contributed by atoms with Gasteiger partial charge >= 0.3 is 0 Å². The lowest BCUT2D eigenvalue weighted by Gasteiger charge is -2.16. The number of carbonyl (C=O) groups is 1. The van der Waals surface area contributed by atoms with Gasteiger partial charge in [0, 0.05) is 30.9 Å². The molecule has 114 valence electrons. The second kappa shape index (κ2) is 6.48. The number of fused-ring (bicyclic) bond motifs is 1. The third kappa shape index (κ3) is 3.76. The number of nitrogens with one attached hydrogen (secondary N) is 1. The molecule has 1 heterocycles. The Labute approximate surface area is 126 Å². The first-order valence-electron chi connectivity index (χ1n) is 8.08. The predicted octanol–water partition coefficient (Wildman–Crippen LogP) is 2.72. The highest BCUT2D eigenvalue weighted by Crippen LogP contribution is 2.37. The van der Waals surface area contributed by atoms with Gasteiger partial charge in [0.25, 0.3) is 0 Å². The molecule has 2 aliphatic rings. The third-order valence-electron chi connectivity index (χ3n) is 4.87. The maximum absolute atomic E-state index is 11.9. The molecule has 0 spiro atoms. The van der Waals surface area contributed by atoms with Crippen LogP contribution in [0.15, 0.2) is 24.3 Å². The highest BCUT2D eigenvalue weighted by Gasteiger charge is 2.35. The molecule has 0 radical (unpaired) electrons. The first-order valence-corrected chi connectivity index (χ1v) is 8.08. The topological polar surface area (TPSA) is 58.4 Å². The van der Waals surface area contributed by atoms with E-state index in [2.05, 4.69) is 10.2 Å². The zero-order valence-electron chi connectivity index (χ0n) is 12.6. The molecule has 2 fully saturated rings. The van der Waals surface area contributed by atoms with E-state index < -0.39 is 0 Å². The standard InChI is InChI=1S/C17H25N3O/c18-15-6-8-16(9-7-15)19-17(21)5-2-10-20-11-13-3-1-4-14(13)12-20/h6-9,13-14H,1-5,10-12,18H2,(H,19,21). The number of anilines is 2. The Kier molecular flexibility index (Phi) is 4.44. The first kappa shape index (κ1) is 14.4. The van der Waals surface area contributed by atoms with Gasteiger partial charge in [-0.1, -0.05) is 6.42 Å². The molecule has 3 N–H and O–H groups in total. The van der Waals surface area contributed by atoms with E-state index in [1.165, 1.54) is 32.4 Å². The molecule has 3 rings (SSSR count). The van der Waals surface area contributed by atoms with Crippen molar-refractivity contribution in [1.29, 1.82) is 0 Å². The van der Waals surface area contributed by atoms with Crippen molar-refractivity contribution in [1.82, 2.24) is 4.90 Å². The van der Waals surface area contributed by atoms with Crippen LogP contribution >= 0.6 is 0 Å². The molecule has 0 aromatic heterocycles. The minimum absolute atomic E-state index is 0.0964. The number of nitrogens with zero attached hydrogens (tertiary/aromatic N) is 1. The van der Waals surface area contributed by atoms with Crippen LogP contribution in [0.1, 0.15) is 32.1 Å². The Morgan fingerprint density at radius 3 is 2.52 bits per heavy atom. The van der Waals surface area contributed by atoms with E-state index >= 15 is 0 Å². The van der Waals surface area contributed by atoms with Gasteiger partial charge in [0.15, 0.2) is 0 Å². The highest BCUT2D eigenvalue weighted by atomic mass is 16.1. The SMILES string of the molecule is Nc1ccc(NC(=O)CCCN2CC3CCCC3C2)cc1. The Hall–Kier alpha value is -1.55. The van der Waals surface area contributed by atoms with Crippen LogP contribution in [0.25, 0.3) is 0 Å².